The quantitative estimate of drug-likeness (QED) is 0.915. The zero-order valence-electron chi connectivity index (χ0n) is 12.1. The smallest absolute Gasteiger partial charge is 0.409 e. The maximum atomic E-state index is 11.7. The van der Waals surface area contributed by atoms with Gasteiger partial charge >= 0.3 is 6.09 Å². The number of nitrogens with zero attached hydrogens (tertiary/aromatic N) is 2. The van der Waals surface area contributed by atoms with Crippen molar-refractivity contribution in [3.05, 3.63) is 29.3 Å². The number of benzene rings is 1. The summed E-state index contributed by atoms with van der Waals surface area (Å²) >= 11 is 0. The molecule has 0 bridgehead atoms. The third-order valence-electron chi connectivity index (χ3n) is 3.55. The molecule has 0 radical (unpaired) electrons. The number of anilines is 1. The molecule has 1 aromatic carbocycles. The highest BCUT2D eigenvalue weighted by Crippen LogP contribution is 2.23. The molecule has 0 aliphatic carbocycles. The summed E-state index contributed by atoms with van der Waals surface area (Å²) < 4.78 is 5.01. The van der Waals surface area contributed by atoms with Gasteiger partial charge in [-0.25, -0.2) is 4.79 Å². The zero-order valence-corrected chi connectivity index (χ0v) is 12.1. The molecule has 110 valence electrons. The maximum absolute atomic E-state index is 11.7. The minimum Gasteiger partial charge on any atom is -0.450 e. The number of amides is 1. The summed E-state index contributed by atoms with van der Waals surface area (Å²) in [7, 11) is 0. The minimum absolute atomic E-state index is 0.0368. The molecule has 1 heterocycles. The summed E-state index contributed by atoms with van der Waals surface area (Å²) in [5, 5.41) is 9.47. The predicted octanol–water partition coefficient (Wildman–Crippen LogP) is 1.77. The molecular formula is C15H22N2O3. The molecule has 0 aromatic heterocycles. The Morgan fingerprint density at radius 2 is 2.00 bits per heavy atom. The fraction of sp³-hybridized carbons (Fsp3) is 0.533. The fourth-order valence-electron chi connectivity index (χ4n) is 2.49. The number of ether oxygens (including phenoxy) is 1. The van der Waals surface area contributed by atoms with E-state index in [1.807, 2.05) is 32.0 Å². The van der Waals surface area contributed by atoms with Gasteiger partial charge in [-0.1, -0.05) is 17.7 Å². The van der Waals surface area contributed by atoms with Crippen molar-refractivity contribution in [2.45, 2.75) is 20.5 Å². The largest absolute Gasteiger partial charge is 0.450 e. The Bertz CT molecular complexity index is 468. The van der Waals surface area contributed by atoms with Crippen molar-refractivity contribution in [3.8, 4) is 0 Å². The van der Waals surface area contributed by atoms with Crippen LogP contribution in [0, 0.1) is 6.92 Å². The number of aryl methyl sites for hydroxylation is 1. The van der Waals surface area contributed by atoms with Crippen molar-refractivity contribution in [2.24, 2.45) is 0 Å². The number of carbonyl (C=O) groups excluding carboxylic acids is 1. The van der Waals surface area contributed by atoms with Crippen molar-refractivity contribution in [3.63, 3.8) is 0 Å². The van der Waals surface area contributed by atoms with Crippen LogP contribution in [0.3, 0.4) is 0 Å². The third kappa shape index (κ3) is 3.22. The average molecular weight is 278 g/mol. The monoisotopic (exact) mass is 278 g/mol. The van der Waals surface area contributed by atoms with Gasteiger partial charge in [0.25, 0.3) is 0 Å². The molecule has 0 saturated carbocycles. The predicted molar refractivity (Wildman–Crippen MR) is 77.9 cm³/mol. The van der Waals surface area contributed by atoms with Crippen LogP contribution >= 0.6 is 0 Å². The van der Waals surface area contributed by atoms with Crippen LogP contribution in [0.15, 0.2) is 18.2 Å². The Balaban J connectivity index is 2.02. The molecule has 1 aliphatic rings. The molecule has 0 unspecified atom stereocenters. The minimum atomic E-state index is -0.238. The van der Waals surface area contributed by atoms with E-state index < -0.39 is 0 Å². The first-order valence-corrected chi connectivity index (χ1v) is 7.02. The van der Waals surface area contributed by atoms with Crippen molar-refractivity contribution >= 4 is 11.8 Å². The molecule has 0 spiro atoms. The Kier molecular flexibility index (Phi) is 4.84. The van der Waals surface area contributed by atoms with Gasteiger partial charge in [-0.05, 0) is 19.9 Å². The second kappa shape index (κ2) is 6.61. The van der Waals surface area contributed by atoms with Crippen LogP contribution in [0.25, 0.3) is 0 Å². The Morgan fingerprint density at radius 3 is 2.60 bits per heavy atom. The van der Waals surface area contributed by atoms with Crippen molar-refractivity contribution in [1.82, 2.24) is 4.90 Å². The summed E-state index contributed by atoms with van der Waals surface area (Å²) in [6.45, 7) is 7.09. The van der Waals surface area contributed by atoms with Gasteiger partial charge in [0, 0.05) is 37.4 Å². The lowest BCUT2D eigenvalue weighted by molar-refractivity contribution is 0.105. The molecular weight excluding hydrogens is 256 g/mol. The second-order valence-corrected chi connectivity index (χ2v) is 4.96. The van der Waals surface area contributed by atoms with Gasteiger partial charge < -0.3 is 19.6 Å². The summed E-state index contributed by atoms with van der Waals surface area (Å²) in [5.74, 6) is 0. The van der Waals surface area contributed by atoms with E-state index in [0.29, 0.717) is 19.7 Å². The van der Waals surface area contributed by atoms with Gasteiger partial charge in [-0.2, -0.15) is 0 Å². The lowest BCUT2D eigenvalue weighted by Crippen LogP contribution is -2.49. The summed E-state index contributed by atoms with van der Waals surface area (Å²) in [6.07, 6.45) is -0.238. The normalized spacial score (nSPS) is 15.3. The van der Waals surface area contributed by atoms with Crippen LogP contribution in [0.5, 0.6) is 0 Å². The third-order valence-corrected chi connectivity index (χ3v) is 3.55. The highest BCUT2D eigenvalue weighted by Gasteiger charge is 2.23. The van der Waals surface area contributed by atoms with Crippen molar-refractivity contribution in [2.75, 3.05) is 37.7 Å². The van der Waals surface area contributed by atoms with Gasteiger partial charge in [-0.15, -0.1) is 0 Å². The van der Waals surface area contributed by atoms with E-state index in [9.17, 15) is 9.90 Å². The highest BCUT2D eigenvalue weighted by molar-refractivity contribution is 5.68. The molecule has 5 nitrogen and oxygen atoms in total. The topological polar surface area (TPSA) is 53.0 Å². The first-order chi connectivity index (χ1) is 9.65. The Labute approximate surface area is 119 Å². The Hall–Kier alpha value is -1.75. The molecule has 1 aliphatic heterocycles. The number of hydrogen-bond acceptors (Lipinski definition) is 4. The van der Waals surface area contributed by atoms with E-state index in [1.165, 1.54) is 0 Å². The van der Waals surface area contributed by atoms with Crippen LogP contribution in [0.1, 0.15) is 18.1 Å². The summed E-state index contributed by atoms with van der Waals surface area (Å²) in [6, 6.07) is 6.10. The fourth-order valence-corrected chi connectivity index (χ4v) is 2.49. The number of hydrogen-bond donors (Lipinski definition) is 1. The number of piperazine rings is 1. The Morgan fingerprint density at radius 1 is 1.30 bits per heavy atom. The highest BCUT2D eigenvalue weighted by atomic mass is 16.6. The van der Waals surface area contributed by atoms with Gasteiger partial charge in [-0.3, -0.25) is 0 Å². The average Bonchev–Trinajstić information content (AvgIpc) is 2.47. The molecule has 2 rings (SSSR count). The van der Waals surface area contributed by atoms with E-state index in [1.54, 1.807) is 4.90 Å². The van der Waals surface area contributed by atoms with Crippen LogP contribution in [-0.4, -0.2) is 48.9 Å². The molecule has 1 fully saturated rings. The molecule has 0 atom stereocenters. The summed E-state index contributed by atoms with van der Waals surface area (Å²) in [5.41, 5.74) is 3.14. The van der Waals surface area contributed by atoms with Crippen LogP contribution < -0.4 is 4.90 Å². The molecule has 1 saturated heterocycles. The molecule has 1 amide bonds. The number of rotatable bonds is 3. The van der Waals surface area contributed by atoms with Crippen LogP contribution in [0.4, 0.5) is 10.5 Å². The van der Waals surface area contributed by atoms with E-state index in [-0.39, 0.29) is 12.7 Å². The first kappa shape index (κ1) is 14.7. The van der Waals surface area contributed by atoms with Gasteiger partial charge in [0.2, 0.25) is 0 Å². The SMILES string of the molecule is CCOC(=O)N1CCN(c2ccc(C)cc2CO)CC1. The lowest BCUT2D eigenvalue weighted by Gasteiger charge is -2.36. The molecule has 1 aromatic rings. The van der Waals surface area contributed by atoms with Gasteiger partial charge in [0.1, 0.15) is 0 Å². The van der Waals surface area contributed by atoms with E-state index in [0.717, 1.165) is 29.9 Å². The molecule has 20 heavy (non-hydrogen) atoms. The zero-order chi connectivity index (χ0) is 14.5. The van der Waals surface area contributed by atoms with Crippen molar-refractivity contribution < 1.29 is 14.6 Å². The van der Waals surface area contributed by atoms with Crippen LogP contribution in [0.2, 0.25) is 0 Å². The standard InChI is InChI=1S/C15H22N2O3/c1-3-20-15(19)17-8-6-16(7-9-17)14-5-4-12(2)10-13(14)11-18/h4-5,10,18H,3,6-9,11H2,1-2H3. The van der Waals surface area contributed by atoms with Gasteiger partial charge in [0.15, 0.2) is 0 Å². The van der Waals surface area contributed by atoms with Gasteiger partial charge in [0.05, 0.1) is 13.2 Å². The van der Waals surface area contributed by atoms with Crippen LogP contribution in [-0.2, 0) is 11.3 Å². The van der Waals surface area contributed by atoms with E-state index >= 15 is 0 Å². The second-order valence-electron chi connectivity index (χ2n) is 4.96. The van der Waals surface area contributed by atoms with E-state index in [4.69, 9.17) is 4.74 Å². The number of aliphatic hydroxyl groups excluding tert-OH is 1. The number of aliphatic hydroxyl groups is 1. The number of carbonyl (C=O) groups is 1. The van der Waals surface area contributed by atoms with E-state index in [2.05, 4.69) is 4.90 Å². The maximum Gasteiger partial charge on any atom is 0.409 e. The molecule has 5 heteroatoms. The first-order valence-electron chi connectivity index (χ1n) is 7.02. The van der Waals surface area contributed by atoms with Crippen molar-refractivity contribution in [1.29, 1.82) is 0 Å². The lowest BCUT2D eigenvalue weighted by atomic mass is 10.1. The summed E-state index contributed by atoms with van der Waals surface area (Å²) in [4.78, 5) is 15.6. The molecule has 1 N–H and O–H groups in total.